The quantitative estimate of drug-likeness (QED) is 0.899. The lowest BCUT2D eigenvalue weighted by atomic mass is 9.88. The van der Waals surface area contributed by atoms with E-state index in [-0.39, 0.29) is 17.5 Å². The number of carboxylic acids is 1. The Hall–Kier alpha value is -1.65. The van der Waals surface area contributed by atoms with Gasteiger partial charge in [-0.3, -0.25) is 0 Å². The van der Waals surface area contributed by atoms with Crippen LogP contribution in [-0.2, 0) is 0 Å². The molecule has 0 bridgehead atoms. The molecule has 0 spiro atoms. The Balaban J connectivity index is 2.20. The average molecular weight is 253 g/mol. The Bertz CT molecular complexity index is 450. The van der Waals surface area contributed by atoms with E-state index in [2.05, 4.69) is 11.9 Å². The van der Waals surface area contributed by atoms with Crippen LogP contribution in [-0.4, -0.2) is 22.2 Å². The van der Waals surface area contributed by atoms with Gasteiger partial charge in [-0.25, -0.2) is 14.2 Å². The number of halogens is 1. The number of hydrogen-bond acceptors (Lipinski definition) is 3. The van der Waals surface area contributed by atoms with Crippen molar-refractivity contribution in [3.05, 3.63) is 23.6 Å². The van der Waals surface area contributed by atoms with E-state index in [1.807, 2.05) is 0 Å². The molecule has 0 aromatic carbocycles. The topological polar surface area (TPSA) is 59.4 Å². The fraction of sp³-hybridized carbons (Fsp3) is 0.538. The number of aromatic nitrogens is 1. The molecule has 1 aromatic heterocycles. The molecule has 0 saturated heterocycles. The first-order valence-electron chi connectivity index (χ1n) is 6.13. The normalized spacial score (nSPS) is 23.7. The van der Waals surface area contributed by atoms with Gasteiger partial charge in [0, 0.05) is 0 Å². The maximum absolute atomic E-state index is 13.0. The number of carboxylic acid groups (broad SMARTS) is 1. The van der Waals surface area contributed by atoms with Crippen molar-refractivity contribution in [3.8, 4) is 5.88 Å². The minimum Gasteiger partial charge on any atom is -0.477 e. The van der Waals surface area contributed by atoms with Crippen LogP contribution >= 0.6 is 0 Å². The summed E-state index contributed by atoms with van der Waals surface area (Å²) in [6.45, 7) is 2.08. The van der Waals surface area contributed by atoms with Gasteiger partial charge in [-0.1, -0.05) is 13.3 Å². The second kappa shape index (κ2) is 5.33. The molecule has 18 heavy (non-hydrogen) atoms. The first kappa shape index (κ1) is 12.8. The Morgan fingerprint density at radius 3 is 2.89 bits per heavy atom. The molecule has 0 radical (unpaired) electrons. The van der Waals surface area contributed by atoms with Crippen LogP contribution in [0.1, 0.15) is 43.0 Å². The van der Waals surface area contributed by atoms with Crippen molar-refractivity contribution in [1.29, 1.82) is 0 Å². The van der Waals surface area contributed by atoms with Gasteiger partial charge >= 0.3 is 5.97 Å². The van der Waals surface area contributed by atoms with Gasteiger partial charge in [-0.05, 0) is 31.2 Å². The molecule has 1 fully saturated rings. The Morgan fingerprint density at radius 1 is 1.50 bits per heavy atom. The summed E-state index contributed by atoms with van der Waals surface area (Å²) < 4.78 is 18.6. The van der Waals surface area contributed by atoms with Crippen LogP contribution in [0.3, 0.4) is 0 Å². The van der Waals surface area contributed by atoms with E-state index >= 15 is 0 Å². The molecule has 0 aliphatic heterocycles. The van der Waals surface area contributed by atoms with E-state index in [1.54, 1.807) is 0 Å². The number of hydrogen-bond donors (Lipinski definition) is 1. The van der Waals surface area contributed by atoms with E-state index in [1.165, 1.54) is 6.42 Å². The second-order valence-electron chi connectivity index (χ2n) is 4.73. The minimum atomic E-state index is -1.22. The number of carbonyl (C=O) groups is 1. The summed E-state index contributed by atoms with van der Waals surface area (Å²) in [5.74, 6) is -1.51. The van der Waals surface area contributed by atoms with Gasteiger partial charge in [0.05, 0.1) is 6.20 Å². The molecule has 1 aliphatic carbocycles. The molecule has 2 rings (SSSR count). The van der Waals surface area contributed by atoms with Gasteiger partial charge in [0.15, 0.2) is 0 Å². The fourth-order valence-corrected chi connectivity index (χ4v) is 2.27. The number of rotatable bonds is 3. The van der Waals surface area contributed by atoms with Crippen LogP contribution in [0.5, 0.6) is 5.88 Å². The number of nitrogens with zero attached hydrogens (tertiary/aromatic N) is 1. The zero-order valence-electron chi connectivity index (χ0n) is 10.2. The third-order valence-corrected chi connectivity index (χ3v) is 3.34. The monoisotopic (exact) mass is 253 g/mol. The zero-order valence-corrected chi connectivity index (χ0v) is 10.2. The van der Waals surface area contributed by atoms with Crippen LogP contribution in [0.15, 0.2) is 12.3 Å². The molecule has 2 unspecified atom stereocenters. The van der Waals surface area contributed by atoms with Crippen molar-refractivity contribution < 1.29 is 19.0 Å². The molecule has 1 saturated carbocycles. The number of ether oxygens (including phenoxy) is 1. The summed E-state index contributed by atoms with van der Waals surface area (Å²) in [6, 6.07) is 0.943. The maximum atomic E-state index is 13.0. The van der Waals surface area contributed by atoms with Crippen molar-refractivity contribution in [1.82, 2.24) is 4.98 Å². The highest BCUT2D eigenvalue weighted by Gasteiger charge is 2.25. The molecule has 0 amide bonds. The summed E-state index contributed by atoms with van der Waals surface area (Å²) in [6.07, 6.45) is 5.14. The van der Waals surface area contributed by atoms with Gasteiger partial charge in [0.25, 0.3) is 0 Å². The van der Waals surface area contributed by atoms with Crippen molar-refractivity contribution in [3.63, 3.8) is 0 Å². The molecule has 98 valence electrons. The van der Waals surface area contributed by atoms with E-state index in [0.29, 0.717) is 5.92 Å². The van der Waals surface area contributed by atoms with E-state index in [9.17, 15) is 9.18 Å². The van der Waals surface area contributed by atoms with Crippen molar-refractivity contribution in [2.24, 2.45) is 5.92 Å². The highest BCUT2D eigenvalue weighted by molar-refractivity contribution is 5.90. The standard InChI is InChI=1S/C13H16FNO3/c1-8-4-2-3-5-11(8)18-12-10(13(16)17)6-9(14)7-15-12/h6-8,11H,2-5H2,1H3,(H,16,17). The first-order chi connectivity index (χ1) is 8.58. The third-order valence-electron chi connectivity index (χ3n) is 3.34. The average Bonchev–Trinajstić information content (AvgIpc) is 2.34. The van der Waals surface area contributed by atoms with Crippen LogP contribution in [0, 0.1) is 11.7 Å². The van der Waals surface area contributed by atoms with E-state index in [0.717, 1.165) is 31.5 Å². The summed E-state index contributed by atoms with van der Waals surface area (Å²) in [5, 5.41) is 9.00. The number of pyridine rings is 1. The summed E-state index contributed by atoms with van der Waals surface area (Å²) in [7, 11) is 0. The van der Waals surface area contributed by atoms with Crippen LogP contribution in [0.2, 0.25) is 0 Å². The summed E-state index contributed by atoms with van der Waals surface area (Å²) in [4.78, 5) is 14.8. The molecule has 1 N–H and O–H groups in total. The van der Waals surface area contributed by atoms with Gasteiger partial charge < -0.3 is 9.84 Å². The van der Waals surface area contributed by atoms with Crippen LogP contribution in [0.25, 0.3) is 0 Å². The third kappa shape index (κ3) is 2.78. The molecule has 1 heterocycles. The molecular formula is C13H16FNO3. The van der Waals surface area contributed by atoms with Gasteiger partial charge in [-0.2, -0.15) is 0 Å². The van der Waals surface area contributed by atoms with E-state index in [4.69, 9.17) is 9.84 Å². The van der Waals surface area contributed by atoms with E-state index < -0.39 is 11.8 Å². The Labute approximate surface area is 105 Å². The predicted molar refractivity (Wildman–Crippen MR) is 63.2 cm³/mol. The molecule has 5 heteroatoms. The SMILES string of the molecule is CC1CCCCC1Oc1ncc(F)cc1C(=O)O. The summed E-state index contributed by atoms with van der Waals surface area (Å²) >= 11 is 0. The lowest BCUT2D eigenvalue weighted by molar-refractivity contribution is 0.0666. The van der Waals surface area contributed by atoms with Crippen LogP contribution in [0.4, 0.5) is 4.39 Å². The first-order valence-corrected chi connectivity index (χ1v) is 6.13. The lowest BCUT2D eigenvalue weighted by Crippen LogP contribution is -2.29. The summed E-state index contributed by atoms with van der Waals surface area (Å²) in [5.41, 5.74) is -0.215. The minimum absolute atomic E-state index is 0.0163. The predicted octanol–water partition coefficient (Wildman–Crippen LogP) is 2.88. The highest BCUT2D eigenvalue weighted by Crippen LogP contribution is 2.28. The lowest BCUT2D eigenvalue weighted by Gasteiger charge is -2.29. The van der Waals surface area contributed by atoms with Crippen molar-refractivity contribution in [2.75, 3.05) is 0 Å². The van der Waals surface area contributed by atoms with Crippen molar-refractivity contribution in [2.45, 2.75) is 38.7 Å². The second-order valence-corrected chi connectivity index (χ2v) is 4.73. The zero-order chi connectivity index (χ0) is 13.1. The highest BCUT2D eigenvalue weighted by atomic mass is 19.1. The smallest absolute Gasteiger partial charge is 0.341 e. The molecule has 2 atom stereocenters. The molecule has 4 nitrogen and oxygen atoms in total. The maximum Gasteiger partial charge on any atom is 0.341 e. The van der Waals surface area contributed by atoms with Gasteiger partial charge in [0.1, 0.15) is 17.5 Å². The van der Waals surface area contributed by atoms with Crippen LogP contribution < -0.4 is 4.74 Å². The molecule has 1 aromatic rings. The Kier molecular flexibility index (Phi) is 3.79. The molecular weight excluding hydrogens is 237 g/mol. The van der Waals surface area contributed by atoms with Gasteiger partial charge in [0.2, 0.25) is 5.88 Å². The number of aromatic carboxylic acids is 1. The largest absolute Gasteiger partial charge is 0.477 e. The van der Waals surface area contributed by atoms with Gasteiger partial charge in [-0.15, -0.1) is 0 Å². The Morgan fingerprint density at radius 2 is 2.22 bits per heavy atom. The van der Waals surface area contributed by atoms with Crippen molar-refractivity contribution >= 4 is 5.97 Å². The molecule has 1 aliphatic rings. The fourth-order valence-electron chi connectivity index (χ4n) is 2.27.